The minimum Gasteiger partial charge on any atom is -0.493 e. The second-order valence-corrected chi connectivity index (χ2v) is 9.33. The second kappa shape index (κ2) is 11.1. The standard InChI is InChI=1S/C30H24N4O3S/c1-36-27-10-6-9-22(29(27)37-2)23-16-26(19-7-4-3-5-8-19)34-30(24(23)17-31)38-18-28(35)33-21-12-11-20-13-14-32-25(20)15-21/h3-16,32H,18H2,1-2H3,(H,33,35). The molecule has 2 heterocycles. The molecule has 0 saturated carbocycles. The number of hydrogen-bond acceptors (Lipinski definition) is 6. The number of nitrogens with one attached hydrogen (secondary N) is 2. The largest absolute Gasteiger partial charge is 0.493 e. The van der Waals surface area contributed by atoms with E-state index in [0.717, 1.165) is 16.5 Å². The lowest BCUT2D eigenvalue weighted by molar-refractivity contribution is -0.113. The Bertz CT molecular complexity index is 1660. The fourth-order valence-electron chi connectivity index (χ4n) is 4.26. The van der Waals surface area contributed by atoms with Gasteiger partial charge in [-0.05, 0) is 35.7 Å². The number of amides is 1. The van der Waals surface area contributed by atoms with Crippen molar-refractivity contribution >= 4 is 34.3 Å². The Balaban J connectivity index is 1.51. The van der Waals surface area contributed by atoms with Crippen LogP contribution in [0.2, 0.25) is 0 Å². The third-order valence-electron chi connectivity index (χ3n) is 6.04. The molecule has 38 heavy (non-hydrogen) atoms. The van der Waals surface area contributed by atoms with Gasteiger partial charge in [0.1, 0.15) is 11.1 Å². The first kappa shape index (κ1) is 24.9. The zero-order valence-corrected chi connectivity index (χ0v) is 21.6. The summed E-state index contributed by atoms with van der Waals surface area (Å²) in [7, 11) is 3.14. The van der Waals surface area contributed by atoms with Crippen LogP contribution in [0, 0.1) is 11.3 Å². The SMILES string of the molecule is COc1cccc(-c2cc(-c3ccccc3)nc(SCC(=O)Nc3ccc4cc[nH]c4c3)c2C#N)c1OC. The van der Waals surface area contributed by atoms with Crippen molar-refractivity contribution in [2.24, 2.45) is 0 Å². The van der Waals surface area contributed by atoms with Crippen LogP contribution in [-0.2, 0) is 4.79 Å². The number of carbonyl (C=O) groups is 1. The smallest absolute Gasteiger partial charge is 0.234 e. The van der Waals surface area contributed by atoms with E-state index in [1.165, 1.54) is 11.8 Å². The van der Waals surface area contributed by atoms with Gasteiger partial charge in [-0.25, -0.2) is 4.98 Å². The lowest BCUT2D eigenvalue weighted by atomic mass is 9.98. The van der Waals surface area contributed by atoms with Crippen molar-refractivity contribution in [2.45, 2.75) is 5.03 Å². The third-order valence-corrected chi connectivity index (χ3v) is 7.01. The highest BCUT2D eigenvalue weighted by atomic mass is 32.2. The number of methoxy groups -OCH3 is 2. The molecule has 0 aliphatic rings. The zero-order valence-electron chi connectivity index (χ0n) is 20.8. The monoisotopic (exact) mass is 520 g/mol. The second-order valence-electron chi connectivity index (χ2n) is 8.37. The van der Waals surface area contributed by atoms with E-state index < -0.39 is 0 Å². The highest BCUT2D eigenvalue weighted by molar-refractivity contribution is 8.00. The van der Waals surface area contributed by atoms with Crippen molar-refractivity contribution < 1.29 is 14.3 Å². The summed E-state index contributed by atoms with van der Waals surface area (Å²) in [6, 6.07) is 27.1. The summed E-state index contributed by atoms with van der Waals surface area (Å²) in [5.74, 6) is 0.957. The normalized spacial score (nSPS) is 10.7. The Morgan fingerprint density at radius 2 is 1.84 bits per heavy atom. The van der Waals surface area contributed by atoms with Crippen molar-refractivity contribution in [3.8, 4) is 40.0 Å². The van der Waals surface area contributed by atoms with Crippen LogP contribution in [0.25, 0.3) is 33.3 Å². The molecule has 5 rings (SSSR count). The molecular weight excluding hydrogens is 496 g/mol. The number of thioether (sulfide) groups is 1. The van der Waals surface area contributed by atoms with Gasteiger partial charge in [0.25, 0.3) is 0 Å². The van der Waals surface area contributed by atoms with Crippen LogP contribution < -0.4 is 14.8 Å². The number of aromatic nitrogens is 2. The molecule has 2 N–H and O–H groups in total. The number of anilines is 1. The maximum absolute atomic E-state index is 12.9. The van der Waals surface area contributed by atoms with Crippen LogP contribution >= 0.6 is 11.8 Å². The first-order chi connectivity index (χ1) is 18.6. The molecule has 2 aromatic heterocycles. The van der Waals surface area contributed by atoms with Gasteiger partial charge in [-0.2, -0.15) is 5.26 Å². The Morgan fingerprint density at radius 1 is 1.00 bits per heavy atom. The number of ether oxygens (including phenoxy) is 2. The molecule has 0 saturated heterocycles. The zero-order chi connectivity index (χ0) is 26.5. The van der Waals surface area contributed by atoms with Gasteiger partial charge >= 0.3 is 0 Å². The number of pyridine rings is 1. The van der Waals surface area contributed by atoms with E-state index in [-0.39, 0.29) is 11.7 Å². The topological polar surface area (TPSA) is 100 Å². The van der Waals surface area contributed by atoms with Crippen molar-refractivity contribution in [1.82, 2.24) is 9.97 Å². The van der Waals surface area contributed by atoms with Gasteiger partial charge in [0.2, 0.25) is 5.91 Å². The summed E-state index contributed by atoms with van der Waals surface area (Å²) >= 11 is 1.22. The summed E-state index contributed by atoms with van der Waals surface area (Å²) in [5, 5.41) is 14.7. The maximum atomic E-state index is 12.9. The van der Waals surface area contributed by atoms with Crippen LogP contribution in [0.1, 0.15) is 5.56 Å². The molecule has 0 aliphatic heterocycles. The third kappa shape index (κ3) is 5.05. The average Bonchev–Trinajstić information content (AvgIpc) is 3.43. The highest BCUT2D eigenvalue weighted by Crippen LogP contribution is 2.42. The highest BCUT2D eigenvalue weighted by Gasteiger charge is 2.21. The van der Waals surface area contributed by atoms with Gasteiger partial charge in [0.15, 0.2) is 11.5 Å². The van der Waals surface area contributed by atoms with Crippen LogP contribution in [0.4, 0.5) is 5.69 Å². The summed E-state index contributed by atoms with van der Waals surface area (Å²) in [4.78, 5) is 20.8. The number of benzene rings is 3. The molecule has 0 radical (unpaired) electrons. The number of rotatable bonds is 8. The minimum atomic E-state index is -0.197. The molecule has 8 heteroatoms. The average molecular weight is 521 g/mol. The van der Waals surface area contributed by atoms with Crippen LogP contribution in [0.15, 0.2) is 90.1 Å². The number of H-pyrrole nitrogens is 1. The fraction of sp³-hybridized carbons (Fsp3) is 0.100. The number of nitriles is 1. The van der Waals surface area contributed by atoms with Crippen molar-refractivity contribution in [3.63, 3.8) is 0 Å². The molecular formula is C30H24N4O3S. The minimum absolute atomic E-state index is 0.0807. The number of fused-ring (bicyclic) bond motifs is 1. The quantitative estimate of drug-likeness (QED) is 0.226. The molecule has 0 spiro atoms. The fourth-order valence-corrected chi connectivity index (χ4v) is 5.06. The Kier molecular flexibility index (Phi) is 7.29. The Hall–Kier alpha value is -4.74. The molecule has 0 fully saturated rings. The van der Waals surface area contributed by atoms with E-state index in [4.69, 9.17) is 14.5 Å². The predicted molar refractivity (Wildman–Crippen MR) is 151 cm³/mol. The van der Waals surface area contributed by atoms with E-state index in [1.54, 1.807) is 20.3 Å². The molecule has 0 aliphatic carbocycles. The summed E-state index contributed by atoms with van der Waals surface area (Å²) in [5.41, 5.74) is 4.93. The lowest BCUT2D eigenvalue weighted by Crippen LogP contribution is -2.14. The van der Waals surface area contributed by atoms with Gasteiger partial charge in [0.05, 0.1) is 31.2 Å². The molecule has 1 amide bonds. The van der Waals surface area contributed by atoms with Gasteiger partial charge in [0, 0.05) is 34.1 Å². The molecule has 0 bridgehead atoms. The molecule has 5 aromatic rings. The van der Waals surface area contributed by atoms with Gasteiger partial charge < -0.3 is 19.8 Å². The number of hydrogen-bond donors (Lipinski definition) is 2. The summed E-state index contributed by atoms with van der Waals surface area (Å²) < 4.78 is 11.2. The molecule has 3 aromatic carbocycles. The number of para-hydroxylation sites is 1. The van der Waals surface area contributed by atoms with Crippen molar-refractivity contribution in [2.75, 3.05) is 25.3 Å². The maximum Gasteiger partial charge on any atom is 0.234 e. The van der Waals surface area contributed by atoms with Gasteiger partial charge in [-0.1, -0.05) is 60.3 Å². The first-order valence-electron chi connectivity index (χ1n) is 11.8. The summed E-state index contributed by atoms with van der Waals surface area (Å²) in [6.45, 7) is 0. The Labute approximate surface area is 224 Å². The Morgan fingerprint density at radius 3 is 2.61 bits per heavy atom. The number of aromatic amines is 1. The van der Waals surface area contributed by atoms with E-state index in [2.05, 4.69) is 16.4 Å². The molecule has 188 valence electrons. The van der Waals surface area contributed by atoms with Crippen molar-refractivity contribution in [3.05, 3.63) is 90.6 Å². The van der Waals surface area contributed by atoms with E-state index in [1.807, 2.05) is 79.0 Å². The predicted octanol–water partition coefficient (Wildman–Crippen LogP) is 6.52. The first-order valence-corrected chi connectivity index (χ1v) is 12.8. The van der Waals surface area contributed by atoms with Crippen LogP contribution in [0.5, 0.6) is 11.5 Å². The van der Waals surface area contributed by atoms with Gasteiger partial charge in [-0.3, -0.25) is 4.79 Å². The molecule has 7 nitrogen and oxygen atoms in total. The van der Waals surface area contributed by atoms with Gasteiger partial charge in [-0.15, -0.1) is 0 Å². The van der Waals surface area contributed by atoms with Crippen LogP contribution in [0.3, 0.4) is 0 Å². The molecule has 0 atom stereocenters. The lowest BCUT2D eigenvalue weighted by Gasteiger charge is -2.16. The molecule has 0 unspecified atom stereocenters. The summed E-state index contributed by atoms with van der Waals surface area (Å²) in [6.07, 6.45) is 1.86. The van der Waals surface area contributed by atoms with Crippen molar-refractivity contribution in [1.29, 1.82) is 5.26 Å². The van der Waals surface area contributed by atoms with Crippen LogP contribution in [-0.4, -0.2) is 35.8 Å². The van der Waals surface area contributed by atoms with E-state index >= 15 is 0 Å². The van der Waals surface area contributed by atoms with E-state index in [0.29, 0.717) is 44.6 Å². The number of nitrogens with zero attached hydrogens (tertiary/aromatic N) is 2. The van der Waals surface area contributed by atoms with E-state index in [9.17, 15) is 10.1 Å². The number of carbonyl (C=O) groups excluding carboxylic acids is 1.